The smallest absolute Gasteiger partial charge is 0.429 e. The van der Waals surface area contributed by atoms with E-state index in [1.54, 1.807) is 6.92 Å². The molecule has 0 saturated heterocycles. The standard InChI is InChI=1S/C29H25F9O/c1-3-5-6-8-16-9-11-18(15-22(16)30)39-29(37,38)21-14-13-20-19-12-10-17(7-4-2)25(31)23(19)27(33,34)28(35,36)24(20)26(21)32/h9-15H,3-8H2,1-2H3. The normalized spacial score (nSPS) is 15.6. The Hall–Kier alpha value is -3.17. The topological polar surface area (TPSA) is 9.23 Å². The molecule has 1 aliphatic carbocycles. The third-order valence-electron chi connectivity index (χ3n) is 6.83. The molecular weight excluding hydrogens is 535 g/mol. The number of aryl methyl sites for hydroxylation is 2. The van der Waals surface area contributed by atoms with Gasteiger partial charge in [0, 0.05) is 6.07 Å². The highest BCUT2D eigenvalue weighted by Crippen LogP contribution is 2.60. The minimum atomic E-state index is -5.37. The van der Waals surface area contributed by atoms with Crippen LogP contribution in [0.25, 0.3) is 11.1 Å². The summed E-state index contributed by atoms with van der Waals surface area (Å²) < 4.78 is 140. The first-order valence-electron chi connectivity index (χ1n) is 12.5. The SMILES string of the molecule is CCCCCc1ccc(OC(F)(F)c2ccc3c(c2F)C(F)(F)C(F)(F)c2c-3ccc(CCC)c2F)cc1F. The van der Waals surface area contributed by atoms with Gasteiger partial charge in [-0.05, 0) is 53.6 Å². The van der Waals surface area contributed by atoms with Crippen molar-refractivity contribution in [2.45, 2.75) is 70.3 Å². The molecule has 0 saturated carbocycles. The highest BCUT2D eigenvalue weighted by molar-refractivity contribution is 5.77. The molecule has 0 bridgehead atoms. The average Bonchev–Trinajstić information content (AvgIpc) is 2.85. The Morgan fingerprint density at radius 2 is 1.28 bits per heavy atom. The van der Waals surface area contributed by atoms with Crippen molar-refractivity contribution in [2.75, 3.05) is 0 Å². The second-order valence-corrected chi connectivity index (χ2v) is 9.54. The Kier molecular flexibility index (Phi) is 7.71. The molecule has 4 rings (SSSR count). The fourth-order valence-corrected chi connectivity index (χ4v) is 4.82. The van der Waals surface area contributed by atoms with E-state index in [4.69, 9.17) is 0 Å². The lowest BCUT2D eigenvalue weighted by Crippen LogP contribution is -2.42. The molecule has 3 aromatic rings. The van der Waals surface area contributed by atoms with E-state index in [1.165, 1.54) is 6.07 Å². The van der Waals surface area contributed by atoms with Crippen LogP contribution in [0.2, 0.25) is 0 Å². The van der Waals surface area contributed by atoms with Gasteiger partial charge in [0.2, 0.25) is 0 Å². The number of halogens is 9. The number of alkyl halides is 6. The highest BCUT2D eigenvalue weighted by Gasteiger charge is 2.66. The molecule has 0 amide bonds. The monoisotopic (exact) mass is 560 g/mol. The van der Waals surface area contributed by atoms with Crippen LogP contribution >= 0.6 is 0 Å². The fraction of sp³-hybridized carbons (Fsp3) is 0.379. The average molecular weight is 561 g/mol. The van der Waals surface area contributed by atoms with Gasteiger partial charge in [-0.15, -0.1) is 0 Å². The van der Waals surface area contributed by atoms with E-state index < -0.39 is 69.0 Å². The van der Waals surface area contributed by atoms with E-state index in [0.717, 1.165) is 31.0 Å². The first-order valence-corrected chi connectivity index (χ1v) is 12.5. The van der Waals surface area contributed by atoms with Crippen molar-refractivity contribution in [2.24, 2.45) is 0 Å². The van der Waals surface area contributed by atoms with Gasteiger partial charge < -0.3 is 4.74 Å². The van der Waals surface area contributed by atoms with Gasteiger partial charge in [-0.25, -0.2) is 13.2 Å². The van der Waals surface area contributed by atoms with Crippen LogP contribution in [0.15, 0.2) is 42.5 Å². The van der Waals surface area contributed by atoms with Crippen molar-refractivity contribution in [1.82, 2.24) is 0 Å². The minimum absolute atomic E-state index is 0.00913. The molecule has 10 heteroatoms. The third-order valence-corrected chi connectivity index (χ3v) is 6.83. The molecule has 1 nitrogen and oxygen atoms in total. The van der Waals surface area contributed by atoms with Gasteiger partial charge >= 0.3 is 18.0 Å². The Bertz CT molecular complexity index is 1380. The lowest BCUT2D eigenvalue weighted by molar-refractivity contribution is -0.228. The first kappa shape index (κ1) is 28.8. The van der Waals surface area contributed by atoms with Crippen LogP contribution in [0.3, 0.4) is 0 Å². The number of hydrogen-bond donors (Lipinski definition) is 0. The predicted molar refractivity (Wildman–Crippen MR) is 128 cm³/mol. The van der Waals surface area contributed by atoms with Crippen LogP contribution in [0.4, 0.5) is 39.5 Å². The molecular formula is C29H25F9O. The number of benzene rings is 3. The van der Waals surface area contributed by atoms with Crippen molar-refractivity contribution in [3.05, 3.63) is 87.7 Å². The van der Waals surface area contributed by atoms with Crippen LogP contribution in [-0.4, -0.2) is 0 Å². The van der Waals surface area contributed by atoms with Crippen LogP contribution in [0, 0.1) is 17.5 Å². The van der Waals surface area contributed by atoms with Gasteiger partial charge in [0.15, 0.2) is 0 Å². The summed E-state index contributed by atoms with van der Waals surface area (Å²) in [4.78, 5) is 0. The lowest BCUT2D eigenvalue weighted by atomic mass is 9.78. The molecule has 1 aliphatic rings. The number of hydrogen-bond acceptors (Lipinski definition) is 1. The van der Waals surface area contributed by atoms with Crippen LogP contribution in [-0.2, 0) is 30.8 Å². The Labute approximate surface area is 219 Å². The largest absolute Gasteiger partial charge is 0.429 e. The number of ether oxygens (including phenoxy) is 1. The maximum Gasteiger partial charge on any atom is 0.429 e. The zero-order valence-corrected chi connectivity index (χ0v) is 21.1. The van der Waals surface area contributed by atoms with E-state index >= 15 is 30.7 Å². The molecule has 0 N–H and O–H groups in total. The van der Waals surface area contributed by atoms with Gasteiger partial charge in [0.05, 0.1) is 11.1 Å². The Morgan fingerprint density at radius 3 is 1.87 bits per heavy atom. The maximum atomic E-state index is 15.4. The summed E-state index contributed by atoms with van der Waals surface area (Å²) >= 11 is 0. The van der Waals surface area contributed by atoms with E-state index in [1.807, 2.05) is 6.92 Å². The maximum absolute atomic E-state index is 15.4. The van der Waals surface area contributed by atoms with Crippen molar-refractivity contribution < 1.29 is 44.3 Å². The minimum Gasteiger partial charge on any atom is -0.429 e. The molecule has 0 aromatic heterocycles. The molecule has 0 aliphatic heterocycles. The molecule has 0 unspecified atom stereocenters. The van der Waals surface area contributed by atoms with E-state index in [2.05, 4.69) is 4.74 Å². The van der Waals surface area contributed by atoms with Crippen LogP contribution < -0.4 is 4.74 Å². The zero-order chi connectivity index (χ0) is 28.8. The van der Waals surface area contributed by atoms with Crippen molar-refractivity contribution in [1.29, 1.82) is 0 Å². The quantitative estimate of drug-likeness (QED) is 0.187. The predicted octanol–water partition coefficient (Wildman–Crippen LogP) is 9.78. The second-order valence-electron chi connectivity index (χ2n) is 9.54. The molecule has 210 valence electrons. The van der Waals surface area contributed by atoms with E-state index in [-0.39, 0.29) is 17.5 Å². The van der Waals surface area contributed by atoms with Gasteiger partial charge in [-0.1, -0.05) is 57.4 Å². The molecule has 39 heavy (non-hydrogen) atoms. The summed E-state index contributed by atoms with van der Waals surface area (Å²) in [6.45, 7) is 3.59. The van der Waals surface area contributed by atoms with Gasteiger partial charge in [-0.3, -0.25) is 0 Å². The van der Waals surface area contributed by atoms with Crippen molar-refractivity contribution >= 4 is 0 Å². The Morgan fingerprint density at radius 1 is 0.692 bits per heavy atom. The third kappa shape index (κ3) is 4.87. The molecule has 0 atom stereocenters. The first-order chi connectivity index (χ1) is 18.3. The Balaban J connectivity index is 1.77. The molecule has 0 radical (unpaired) electrons. The number of fused-ring (bicyclic) bond motifs is 3. The molecule has 0 spiro atoms. The summed E-state index contributed by atoms with van der Waals surface area (Å²) in [5.41, 5.74) is -6.92. The highest BCUT2D eigenvalue weighted by atomic mass is 19.3. The van der Waals surface area contributed by atoms with Gasteiger partial charge in [0.25, 0.3) is 0 Å². The van der Waals surface area contributed by atoms with Crippen molar-refractivity contribution in [3.8, 4) is 16.9 Å². The summed E-state index contributed by atoms with van der Waals surface area (Å²) in [6, 6.07) is 5.96. The summed E-state index contributed by atoms with van der Waals surface area (Å²) in [7, 11) is 0. The second kappa shape index (κ2) is 10.4. The molecule has 3 aromatic carbocycles. The van der Waals surface area contributed by atoms with Crippen LogP contribution in [0.1, 0.15) is 67.3 Å². The summed E-state index contributed by atoms with van der Waals surface area (Å²) in [6.07, 6.45) is -1.59. The number of rotatable bonds is 9. The van der Waals surface area contributed by atoms with E-state index in [9.17, 15) is 8.78 Å². The zero-order valence-electron chi connectivity index (χ0n) is 21.1. The van der Waals surface area contributed by atoms with Crippen molar-refractivity contribution in [3.63, 3.8) is 0 Å². The van der Waals surface area contributed by atoms with Gasteiger partial charge in [0.1, 0.15) is 28.8 Å². The molecule has 0 heterocycles. The fourth-order valence-electron chi connectivity index (χ4n) is 4.82. The summed E-state index contributed by atoms with van der Waals surface area (Å²) in [5, 5.41) is 0. The lowest BCUT2D eigenvalue weighted by Gasteiger charge is -2.36. The summed E-state index contributed by atoms with van der Waals surface area (Å²) in [5.74, 6) is -16.1. The van der Waals surface area contributed by atoms with E-state index in [0.29, 0.717) is 37.5 Å². The van der Waals surface area contributed by atoms with Gasteiger partial charge in [-0.2, -0.15) is 26.3 Å². The number of unbranched alkanes of at least 4 members (excludes halogenated alkanes) is 2. The molecule has 0 fully saturated rings. The van der Waals surface area contributed by atoms with Crippen LogP contribution in [0.5, 0.6) is 5.75 Å².